The first-order valence-corrected chi connectivity index (χ1v) is 13.6. The number of aryl methyl sites for hydroxylation is 1. The Kier molecular flexibility index (Phi) is 9.42. The van der Waals surface area contributed by atoms with Crippen LogP contribution in [-0.4, -0.2) is 33.7 Å². The monoisotopic (exact) mass is 581 g/mol. The maximum Gasteiger partial charge on any atom is 0.272 e. The summed E-state index contributed by atoms with van der Waals surface area (Å²) in [5, 5.41) is 16.9. The number of amides is 3. The van der Waals surface area contributed by atoms with Crippen molar-refractivity contribution in [2.24, 2.45) is 0 Å². The molecule has 0 spiro atoms. The zero-order valence-electron chi connectivity index (χ0n) is 20.4. The molecule has 0 aliphatic carbocycles. The normalized spacial score (nSPS) is 11.1. The second kappa shape index (κ2) is 13.1. The number of benzene rings is 3. The van der Waals surface area contributed by atoms with Gasteiger partial charge in [-0.05, 0) is 55.5 Å². The van der Waals surface area contributed by atoms with Crippen molar-refractivity contribution in [3.8, 4) is 0 Å². The molecule has 1 heterocycles. The fourth-order valence-electron chi connectivity index (χ4n) is 3.25. The standard InChI is InChI=1S/C27H21ClFN5O3S2/c1-16-33-34-27(39-16)32-24(35)15-38-19-10-5-9-18(13-19)30-26(37)23(14-20-21(28)11-6-12-22(20)29)31-25(36)17-7-3-2-4-8-17/h2-14H,15H2,1H3,(H,30,37)(H,31,36)(H,32,34,35)/b23-14+. The molecular formula is C27H21ClFN5O3S2. The van der Waals surface area contributed by atoms with E-state index in [2.05, 4.69) is 26.1 Å². The molecule has 0 bridgehead atoms. The zero-order chi connectivity index (χ0) is 27.8. The number of carbonyl (C=O) groups is 3. The van der Waals surface area contributed by atoms with Crippen LogP contribution in [0.5, 0.6) is 0 Å². The van der Waals surface area contributed by atoms with E-state index >= 15 is 0 Å². The number of nitrogens with one attached hydrogen (secondary N) is 3. The lowest BCUT2D eigenvalue weighted by atomic mass is 10.1. The van der Waals surface area contributed by atoms with Crippen LogP contribution in [0, 0.1) is 12.7 Å². The fraction of sp³-hybridized carbons (Fsp3) is 0.0741. The van der Waals surface area contributed by atoms with E-state index in [1.54, 1.807) is 61.5 Å². The Labute approximate surface area is 236 Å². The molecule has 0 aliphatic rings. The summed E-state index contributed by atoms with van der Waals surface area (Å²) in [6.45, 7) is 1.79. The van der Waals surface area contributed by atoms with Crippen LogP contribution in [0.2, 0.25) is 5.02 Å². The highest BCUT2D eigenvalue weighted by Crippen LogP contribution is 2.24. The Balaban J connectivity index is 1.49. The van der Waals surface area contributed by atoms with Gasteiger partial charge in [0.25, 0.3) is 11.8 Å². The molecule has 3 amide bonds. The lowest BCUT2D eigenvalue weighted by molar-refractivity contribution is -0.114. The van der Waals surface area contributed by atoms with Gasteiger partial charge in [-0.2, -0.15) is 0 Å². The number of nitrogens with zero attached hydrogens (tertiary/aromatic N) is 2. The van der Waals surface area contributed by atoms with Crippen molar-refractivity contribution in [1.82, 2.24) is 15.5 Å². The molecule has 1 aromatic heterocycles. The first-order chi connectivity index (χ1) is 18.8. The van der Waals surface area contributed by atoms with Gasteiger partial charge in [-0.15, -0.1) is 22.0 Å². The van der Waals surface area contributed by atoms with Crippen molar-refractivity contribution in [3.63, 3.8) is 0 Å². The first kappa shape index (κ1) is 28.0. The Morgan fingerprint density at radius 1 is 1.00 bits per heavy atom. The van der Waals surface area contributed by atoms with Crippen molar-refractivity contribution in [3.05, 3.63) is 105 Å². The number of hydrogen-bond acceptors (Lipinski definition) is 7. The van der Waals surface area contributed by atoms with Gasteiger partial charge in [0.2, 0.25) is 11.0 Å². The molecule has 4 rings (SSSR count). The lowest BCUT2D eigenvalue weighted by Crippen LogP contribution is -2.30. The van der Waals surface area contributed by atoms with E-state index in [0.29, 0.717) is 21.3 Å². The predicted octanol–water partition coefficient (Wildman–Crippen LogP) is 5.78. The Bertz CT molecular complexity index is 1530. The molecule has 0 saturated heterocycles. The fourth-order valence-corrected chi connectivity index (χ4v) is 4.83. The van der Waals surface area contributed by atoms with Gasteiger partial charge < -0.3 is 10.6 Å². The lowest BCUT2D eigenvalue weighted by Gasteiger charge is -2.13. The highest BCUT2D eigenvalue weighted by Gasteiger charge is 2.17. The van der Waals surface area contributed by atoms with Gasteiger partial charge in [-0.25, -0.2) is 4.39 Å². The van der Waals surface area contributed by atoms with Crippen molar-refractivity contribution in [2.75, 3.05) is 16.4 Å². The van der Waals surface area contributed by atoms with Crippen LogP contribution in [0.1, 0.15) is 20.9 Å². The predicted molar refractivity (Wildman–Crippen MR) is 152 cm³/mol. The molecule has 0 atom stereocenters. The molecule has 0 aliphatic heterocycles. The van der Waals surface area contributed by atoms with Gasteiger partial charge in [0.05, 0.1) is 10.8 Å². The van der Waals surface area contributed by atoms with Gasteiger partial charge in [-0.3, -0.25) is 19.7 Å². The molecule has 0 radical (unpaired) electrons. The summed E-state index contributed by atoms with van der Waals surface area (Å²) in [6.07, 6.45) is 1.19. The molecule has 3 aromatic carbocycles. The SMILES string of the molecule is Cc1nnc(NC(=O)CSc2cccc(NC(=O)/C(=C\c3c(F)cccc3Cl)NC(=O)c3ccccc3)c2)s1. The topological polar surface area (TPSA) is 113 Å². The third kappa shape index (κ3) is 7.96. The summed E-state index contributed by atoms with van der Waals surface area (Å²) in [7, 11) is 0. The van der Waals surface area contributed by atoms with Crippen LogP contribution < -0.4 is 16.0 Å². The minimum Gasteiger partial charge on any atom is -0.321 e. The molecule has 4 aromatic rings. The molecule has 39 heavy (non-hydrogen) atoms. The highest BCUT2D eigenvalue weighted by molar-refractivity contribution is 8.00. The average molecular weight is 582 g/mol. The number of rotatable bonds is 9. The minimum atomic E-state index is -0.690. The highest BCUT2D eigenvalue weighted by atomic mass is 35.5. The van der Waals surface area contributed by atoms with Crippen LogP contribution in [0.4, 0.5) is 15.2 Å². The molecule has 0 saturated carbocycles. The molecule has 12 heteroatoms. The van der Waals surface area contributed by atoms with Crippen LogP contribution in [-0.2, 0) is 9.59 Å². The van der Waals surface area contributed by atoms with E-state index in [4.69, 9.17) is 11.6 Å². The Morgan fingerprint density at radius 2 is 1.77 bits per heavy atom. The van der Waals surface area contributed by atoms with Gasteiger partial charge in [0, 0.05) is 21.7 Å². The maximum absolute atomic E-state index is 14.5. The van der Waals surface area contributed by atoms with Gasteiger partial charge in [-0.1, -0.05) is 53.3 Å². The largest absolute Gasteiger partial charge is 0.321 e. The minimum absolute atomic E-state index is 0.0429. The summed E-state index contributed by atoms with van der Waals surface area (Å²) in [4.78, 5) is 39.0. The van der Waals surface area contributed by atoms with Gasteiger partial charge in [0.1, 0.15) is 16.5 Å². The summed E-state index contributed by atoms with van der Waals surface area (Å²) in [5.41, 5.74) is 0.472. The van der Waals surface area contributed by atoms with E-state index in [0.717, 1.165) is 5.01 Å². The second-order valence-corrected chi connectivity index (χ2v) is 10.6. The number of aromatic nitrogens is 2. The number of halogens is 2. The number of anilines is 2. The molecule has 3 N–H and O–H groups in total. The van der Waals surface area contributed by atoms with E-state index in [1.165, 1.54) is 47.4 Å². The summed E-state index contributed by atoms with van der Waals surface area (Å²) in [5.74, 6) is -2.03. The molecule has 0 fully saturated rings. The van der Waals surface area contributed by atoms with E-state index in [9.17, 15) is 18.8 Å². The van der Waals surface area contributed by atoms with E-state index < -0.39 is 17.6 Å². The van der Waals surface area contributed by atoms with Crippen LogP contribution >= 0.6 is 34.7 Å². The second-order valence-electron chi connectivity index (χ2n) is 7.96. The van der Waals surface area contributed by atoms with Crippen molar-refractivity contribution >= 4 is 69.3 Å². The molecule has 198 valence electrons. The van der Waals surface area contributed by atoms with Crippen LogP contribution in [0.15, 0.2) is 83.4 Å². The summed E-state index contributed by atoms with van der Waals surface area (Å²) < 4.78 is 14.5. The third-order valence-electron chi connectivity index (χ3n) is 5.05. The number of carbonyl (C=O) groups excluding carboxylic acids is 3. The summed E-state index contributed by atoms with van der Waals surface area (Å²) >= 11 is 8.69. The third-order valence-corrected chi connectivity index (χ3v) is 7.13. The van der Waals surface area contributed by atoms with Gasteiger partial charge in [0.15, 0.2) is 0 Å². The molecular weight excluding hydrogens is 561 g/mol. The molecule has 0 unspecified atom stereocenters. The number of thioether (sulfide) groups is 1. The van der Waals surface area contributed by atoms with Crippen molar-refractivity contribution in [2.45, 2.75) is 11.8 Å². The smallest absolute Gasteiger partial charge is 0.272 e. The maximum atomic E-state index is 14.5. The quantitative estimate of drug-likeness (QED) is 0.171. The van der Waals surface area contributed by atoms with E-state index in [-0.39, 0.29) is 27.9 Å². The molecule has 8 nitrogen and oxygen atoms in total. The Morgan fingerprint density at radius 3 is 2.49 bits per heavy atom. The first-order valence-electron chi connectivity index (χ1n) is 11.4. The number of hydrogen-bond donors (Lipinski definition) is 3. The van der Waals surface area contributed by atoms with Crippen LogP contribution in [0.3, 0.4) is 0 Å². The Hall–Kier alpha value is -4.06. The van der Waals surface area contributed by atoms with Gasteiger partial charge >= 0.3 is 0 Å². The van der Waals surface area contributed by atoms with Crippen molar-refractivity contribution in [1.29, 1.82) is 0 Å². The van der Waals surface area contributed by atoms with Crippen molar-refractivity contribution < 1.29 is 18.8 Å². The van der Waals surface area contributed by atoms with Crippen LogP contribution in [0.25, 0.3) is 6.08 Å². The van der Waals surface area contributed by atoms with E-state index in [1.807, 2.05) is 0 Å². The zero-order valence-corrected chi connectivity index (χ0v) is 22.8. The average Bonchev–Trinajstić information content (AvgIpc) is 3.33. The summed E-state index contributed by atoms with van der Waals surface area (Å²) in [6, 6.07) is 19.3.